The van der Waals surface area contributed by atoms with Crippen LogP contribution in [0.25, 0.3) is 9.88 Å². The molecule has 2 aromatic rings. The summed E-state index contributed by atoms with van der Waals surface area (Å²) in [4.78, 5) is 11.2. The molecule has 3 rings (SSSR count). The molecule has 0 amide bonds. The SMILES string of the molecule is NC1CCCc2sc(-c3cncs3)nc21. The molecule has 2 N–H and O–H groups in total. The molecular formula is C10H11N3S2. The molecule has 1 atom stereocenters. The quantitative estimate of drug-likeness (QED) is 0.829. The van der Waals surface area contributed by atoms with Gasteiger partial charge in [0.25, 0.3) is 0 Å². The molecule has 0 saturated carbocycles. The van der Waals surface area contributed by atoms with Gasteiger partial charge in [0.2, 0.25) is 0 Å². The van der Waals surface area contributed by atoms with Crippen LogP contribution in [0.5, 0.6) is 0 Å². The van der Waals surface area contributed by atoms with Gasteiger partial charge in [0, 0.05) is 17.1 Å². The molecule has 2 aromatic heterocycles. The third kappa shape index (κ3) is 1.60. The van der Waals surface area contributed by atoms with Crippen molar-refractivity contribution >= 4 is 22.7 Å². The van der Waals surface area contributed by atoms with Crippen LogP contribution in [-0.2, 0) is 6.42 Å². The summed E-state index contributed by atoms with van der Waals surface area (Å²) < 4.78 is 0. The van der Waals surface area contributed by atoms with Crippen LogP contribution in [0, 0.1) is 0 Å². The van der Waals surface area contributed by atoms with Gasteiger partial charge in [-0.2, -0.15) is 0 Å². The first kappa shape index (κ1) is 9.45. The van der Waals surface area contributed by atoms with Gasteiger partial charge in [-0.25, -0.2) is 4.98 Å². The highest BCUT2D eigenvalue weighted by atomic mass is 32.1. The summed E-state index contributed by atoms with van der Waals surface area (Å²) in [5.41, 5.74) is 9.01. The summed E-state index contributed by atoms with van der Waals surface area (Å²) >= 11 is 3.41. The zero-order chi connectivity index (χ0) is 10.3. The number of nitrogens with two attached hydrogens (primary N) is 1. The van der Waals surface area contributed by atoms with Crippen LogP contribution in [0.4, 0.5) is 0 Å². The Hall–Kier alpha value is -0.780. The standard InChI is InChI=1S/C10H11N3S2/c11-6-2-1-3-7-9(6)13-10(15-7)8-4-12-5-14-8/h4-6H,1-3,11H2. The molecule has 0 aromatic carbocycles. The Labute approximate surface area is 96.0 Å². The van der Waals surface area contributed by atoms with E-state index in [1.807, 2.05) is 11.7 Å². The Kier molecular flexibility index (Phi) is 2.31. The topological polar surface area (TPSA) is 51.8 Å². The van der Waals surface area contributed by atoms with Gasteiger partial charge in [-0.15, -0.1) is 22.7 Å². The number of thiazole rings is 2. The molecule has 3 nitrogen and oxygen atoms in total. The van der Waals surface area contributed by atoms with Crippen molar-refractivity contribution in [2.24, 2.45) is 5.73 Å². The fourth-order valence-electron chi connectivity index (χ4n) is 1.88. The predicted octanol–water partition coefficient (Wildman–Crippen LogP) is 2.60. The summed E-state index contributed by atoms with van der Waals surface area (Å²) in [7, 11) is 0. The highest BCUT2D eigenvalue weighted by molar-refractivity contribution is 7.20. The largest absolute Gasteiger partial charge is 0.323 e. The number of aromatic nitrogens is 2. The molecule has 0 bridgehead atoms. The number of aryl methyl sites for hydroxylation is 1. The van der Waals surface area contributed by atoms with E-state index >= 15 is 0 Å². The van der Waals surface area contributed by atoms with Crippen molar-refractivity contribution in [1.82, 2.24) is 9.97 Å². The molecule has 78 valence electrons. The van der Waals surface area contributed by atoms with E-state index in [1.54, 1.807) is 22.7 Å². The Balaban J connectivity index is 2.06. The number of hydrogen-bond donors (Lipinski definition) is 1. The zero-order valence-corrected chi connectivity index (χ0v) is 9.77. The average Bonchev–Trinajstić information content (AvgIpc) is 2.86. The summed E-state index contributed by atoms with van der Waals surface area (Å²) in [5, 5.41) is 1.08. The Bertz CT molecular complexity index is 461. The van der Waals surface area contributed by atoms with Gasteiger partial charge in [0.1, 0.15) is 5.01 Å². The van der Waals surface area contributed by atoms with E-state index in [0.29, 0.717) is 0 Å². The van der Waals surface area contributed by atoms with Crippen LogP contribution in [-0.4, -0.2) is 9.97 Å². The second kappa shape index (κ2) is 3.66. The summed E-state index contributed by atoms with van der Waals surface area (Å²) in [5.74, 6) is 0. The molecular weight excluding hydrogens is 226 g/mol. The molecule has 1 aliphatic rings. The lowest BCUT2D eigenvalue weighted by atomic mass is 9.99. The minimum absolute atomic E-state index is 0.145. The summed E-state index contributed by atoms with van der Waals surface area (Å²) in [6.45, 7) is 0. The van der Waals surface area contributed by atoms with Crippen LogP contribution >= 0.6 is 22.7 Å². The van der Waals surface area contributed by atoms with Crippen molar-refractivity contribution in [2.75, 3.05) is 0 Å². The lowest BCUT2D eigenvalue weighted by Gasteiger charge is -2.15. The lowest BCUT2D eigenvalue weighted by Crippen LogP contribution is -2.16. The Morgan fingerprint density at radius 1 is 1.47 bits per heavy atom. The maximum Gasteiger partial charge on any atom is 0.135 e. The highest BCUT2D eigenvalue weighted by Crippen LogP contribution is 2.36. The lowest BCUT2D eigenvalue weighted by molar-refractivity contribution is 0.564. The molecule has 15 heavy (non-hydrogen) atoms. The van der Waals surface area contributed by atoms with Gasteiger partial charge in [0.05, 0.1) is 16.1 Å². The molecule has 0 saturated heterocycles. The zero-order valence-electron chi connectivity index (χ0n) is 8.14. The maximum atomic E-state index is 6.05. The van der Waals surface area contributed by atoms with Gasteiger partial charge in [-0.05, 0) is 19.3 Å². The van der Waals surface area contributed by atoms with E-state index in [4.69, 9.17) is 5.73 Å². The Morgan fingerprint density at radius 2 is 2.40 bits per heavy atom. The number of fused-ring (bicyclic) bond motifs is 1. The fraction of sp³-hybridized carbons (Fsp3) is 0.400. The van der Waals surface area contributed by atoms with Crippen LogP contribution in [0.3, 0.4) is 0 Å². The van der Waals surface area contributed by atoms with Crippen molar-refractivity contribution in [3.63, 3.8) is 0 Å². The predicted molar refractivity (Wildman–Crippen MR) is 63.1 cm³/mol. The van der Waals surface area contributed by atoms with Crippen molar-refractivity contribution < 1.29 is 0 Å². The van der Waals surface area contributed by atoms with Crippen LogP contribution < -0.4 is 5.73 Å². The van der Waals surface area contributed by atoms with Crippen LogP contribution in [0.15, 0.2) is 11.7 Å². The van der Waals surface area contributed by atoms with E-state index in [0.717, 1.165) is 28.4 Å². The Morgan fingerprint density at radius 3 is 3.13 bits per heavy atom. The molecule has 0 fully saturated rings. The second-order valence-corrected chi connectivity index (χ2v) is 5.66. The third-order valence-corrected chi connectivity index (χ3v) is 4.71. The second-order valence-electron chi connectivity index (χ2n) is 3.69. The smallest absolute Gasteiger partial charge is 0.135 e. The normalized spacial score (nSPS) is 20.2. The van der Waals surface area contributed by atoms with Crippen molar-refractivity contribution in [3.8, 4) is 9.88 Å². The molecule has 5 heteroatoms. The molecule has 0 spiro atoms. The summed E-state index contributed by atoms with van der Waals surface area (Å²) in [6.07, 6.45) is 5.28. The first-order valence-electron chi connectivity index (χ1n) is 4.98. The first-order valence-corrected chi connectivity index (χ1v) is 6.68. The number of hydrogen-bond acceptors (Lipinski definition) is 5. The molecule has 1 aliphatic carbocycles. The fourth-order valence-corrected chi connectivity index (χ4v) is 3.73. The minimum Gasteiger partial charge on any atom is -0.323 e. The molecule has 0 aliphatic heterocycles. The monoisotopic (exact) mass is 237 g/mol. The minimum atomic E-state index is 0.145. The van der Waals surface area contributed by atoms with E-state index in [9.17, 15) is 0 Å². The van der Waals surface area contributed by atoms with E-state index in [2.05, 4.69) is 9.97 Å². The molecule has 0 radical (unpaired) electrons. The third-order valence-electron chi connectivity index (χ3n) is 2.64. The van der Waals surface area contributed by atoms with Crippen molar-refractivity contribution in [3.05, 3.63) is 22.3 Å². The van der Waals surface area contributed by atoms with Gasteiger partial charge >= 0.3 is 0 Å². The maximum absolute atomic E-state index is 6.05. The summed E-state index contributed by atoms with van der Waals surface area (Å²) in [6, 6.07) is 0.145. The van der Waals surface area contributed by atoms with Crippen molar-refractivity contribution in [2.45, 2.75) is 25.3 Å². The van der Waals surface area contributed by atoms with E-state index in [-0.39, 0.29) is 6.04 Å². The van der Waals surface area contributed by atoms with Gasteiger partial charge in [-0.1, -0.05) is 0 Å². The highest BCUT2D eigenvalue weighted by Gasteiger charge is 2.22. The van der Waals surface area contributed by atoms with Crippen LogP contribution in [0.2, 0.25) is 0 Å². The van der Waals surface area contributed by atoms with Gasteiger partial charge in [0.15, 0.2) is 0 Å². The molecule has 2 heterocycles. The first-order chi connectivity index (χ1) is 7.34. The van der Waals surface area contributed by atoms with E-state index < -0.39 is 0 Å². The van der Waals surface area contributed by atoms with Gasteiger partial charge < -0.3 is 5.73 Å². The number of nitrogens with zero attached hydrogens (tertiary/aromatic N) is 2. The molecule has 1 unspecified atom stereocenters. The average molecular weight is 237 g/mol. The number of rotatable bonds is 1. The van der Waals surface area contributed by atoms with Crippen molar-refractivity contribution in [1.29, 1.82) is 0 Å². The van der Waals surface area contributed by atoms with E-state index in [1.165, 1.54) is 11.3 Å². The van der Waals surface area contributed by atoms with Crippen LogP contribution in [0.1, 0.15) is 29.5 Å². The van der Waals surface area contributed by atoms with Gasteiger partial charge in [-0.3, -0.25) is 4.98 Å².